The molecule has 0 amide bonds. The van der Waals surface area contributed by atoms with E-state index in [1.807, 2.05) is 12.1 Å². The molecule has 1 rings (SSSR count). The van der Waals surface area contributed by atoms with E-state index < -0.39 is 0 Å². The Balaban J connectivity index is 2.72. The van der Waals surface area contributed by atoms with Crippen LogP contribution in [0.25, 0.3) is 0 Å². The quantitative estimate of drug-likeness (QED) is 0.806. The summed E-state index contributed by atoms with van der Waals surface area (Å²) < 4.78 is 14.5. The van der Waals surface area contributed by atoms with E-state index in [9.17, 15) is 4.39 Å². The molecule has 0 bridgehead atoms. The highest BCUT2D eigenvalue weighted by Gasteiger charge is 2.22. The predicted octanol–water partition coefficient (Wildman–Crippen LogP) is 4.65. The lowest BCUT2D eigenvalue weighted by Gasteiger charge is -2.32. The average Bonchev–Trinajstić information content (AvgIpc) is 2.33. The minimum absolute atomic E-state index is 0.138. The second-order valence-electron chi connectivity index (χ2n) is 4.43. The molecule has 0 radical (unpaired) electrons. The first-order chi connectivity index (χ1) is 8.06. The Morgan fingerprint density at radius 2 is 1.76 bits per heavy atom. The minimum atomic E-state index is -0.149. The molecule has 96 valence electrons. The van der Waals surface area contributed by atoms with Gasteiger partial charge in [-0.15, -0.1) is 0 Å². The van der Waals surface area contributed by atoms with Crippen LogP contribution >= 0.6 is 15.9 Å². The lowest BCUT2D eigenvalue weighted by Crippen LogP contribution is -2.43. The zero-order valence-corrected chi connectivity index (χ0v) is 12.4. The Labute approximate surface area is 112 Å². The SMILES string of the molecule is CCC(CC)(CC)NCc1ccc(Br)cc1F. The van der Waals surface area contributed by atoms with Gasteiger partial charge in [0.2, 0.25) is 0 Å². The predicted molar refractivity (Wildman–Crippen MR) is 74.5 cm³/mol. The van der Waals surface area contributed by atoms with Crippen LogP contribution in [0.1, 0.15) is 45.6 Å². The molecule has 3 heteroatoms. The van der Waals surface area contributed by atoms with Crippen LogP contribution in [-0.4, -0.2) is 5.54 Å². The van der Waals surface area contributed by atoms with E-state index in [-0.39, 0.29) is 11.4 Å². The Morgan fingerprint density at radius 3 is 2.24 bits per heavy atom. The summed E-state index contributed by atoms with van der Waals surface area (Å²) in [6, 6.07) is 5.23. The number of hydrogen-bond donors (Lipinski definition) is 1. The first kappa shape index (κ1) is 14.7. The standard InChI is InChI=1S/C14H21BrFN/c1-4-14(5-2,6-3)17-10-11-7-8-12(15)9-13(11)16/h7-9,17H,4-6,10H2,1-3H3. The van der Waals surface area contributed by atoms with Gasteiger partial charge in [0.1, 0.15) is 5.82 Å². The van der Waals surface area contributed by atoms with Gasteiger partial charge in [-0.25, -0.2) is 4.39 Å². The smallest absolute Gasteiger partial charge is 0.128 e. The van der Waals surface area contributed by atoms with Crippen molar-refractivity contribution in [3.8, 4) is 0 Å². The van der Waals surface area contributed by atoms with Gasteiger partial charge in [-0.05, 0) is 31.4 Å². The lowest BCUT2D eigenvalue weighted by molar-refractivity contribution is 0.286. The molecule has 0 saturated carbocycles. The number of nitrogens with one attached hydrogen (secondary N) is 1. The van der Waals surface area contributed by atoms with Crippen LogP contribution < -0.4 is 5.32 Å². The third kappa shape index (κ3) is 3.78. The number of hydrogen-bond acceptors (Lipinski definition) is 1. The first-order valence-electron chi connectivity index (χ1n) is 6.26. The molecule has 0 fully saturated rings. The average molecular weight is 302 g/mol. The third-order valence-electron chi connectivity index (χ3n) is 3.70. The van der Waals surface area contributed by atoms with Gasteiger partial charge in [-0.1, -0.05) is 42.8 Å². The van der Waals surface area contributed by atoms with Gasteiger partial charge in [0.05, 0.1) is 0 Å². The van der Waals surface area contributed by atoms with Crippen LogP contribution in [0.2, 0.25) is 0 Å². The second-order valence-corrected chi connectivity index (χ2v) is 5.35. The zero-order chi connectivity index (χ0) is 12.9. The molecule has 0 saturated heterocycles. The van der Waals surface area contributed by atoms with Gasteiger partial charge in [-0.3, -0.25) is 0 Å². The molecule has 0 aromatic heterocycles. The van der Waals surface area contributed by atoms with Gasteiger partial charge in [0, 0.05) is 22.1 Å². The fourth-order valence-corrected chi connectivity index (χ4v) is 2.41. The summed E-state index contributed by atoms with van der Waals surface area (Å²) in [6.45, 7) is 7.13. The van der Waals surface area contributed by atoms with Crippen molar-refractivity contribution in [2.75, 3.05) is 0 Å². The number of rotatable bonds is 6. The van der Waals surface area contributed by atoms with Crippen LogP contribution in [0.3, 0.4) is 0 Å². The van der Waals surface area contributed by atoms with E-state index >= 15 is 0 Å². The van der Waals surface area contributed by atoms with Crippen molar-refractivity contribution in [3.05, 3.63) is 34.1 Å². The third-order valence-corrected chi connectivity index (χ3v) is 4.19. The summed E-state index contributed by atoms with van der Waals surface area (Å²) in [5.41, 5.74) is 0.868. The first-order valence-corrected chi connectivity index (χ1v) is 7.05. The van der Waals surface area contributed by atoms with E-state index in [1.165, 1.54) is 6.07 Å². The van der Waals surface area contributed by atoms with Gasteiger partial charge >= 0.3 is 0 Å². The molecule has 1 nitrogen and oxygen atoms in total. The Morgan fingerprint density at radius 1 is 1.18 bits per heavy atom. The molecule has 1 N–H and O–H groups in total. The largest absolute Gasteiger partial charge is 0.307 e. The van der Waals surface area contributed by atoms with Crippen LogP contribution in [0.5, 0.6) is 0 Å². The summed E-state index contributed by atoms with van der Waals surface area (Å²) in [6.07, 6.45) is 3.20. The van der Waals surface area contributed by atoms with Crippen molar-refractivity contribution in [3.63, 3.8) is 0 Å². The van der Waals surface area contributed by atoms with Gasteiger partial charge in [-0.2, -0.15) is 0 Å². The molecular weight excluding hydrogens is 281 g/mol. The molecule has 0 aliphatic heterocycles. The minimum Gasteiger partial charge on any atom is -0.307 e. The van der Waals surface area contributed by atoms with Crippen LogP contribution in [0.15, 0.2) is 22.7 Å². The number of benzene rings is 1. The van der Waals surface area contributed by atoms with Crippen LogP contribution in [0, 0.1) is 5.82 Å². The highest BCUT2D eigenvalue weighted by Crippen LogP contribution is 2.21. The van der Waals surface area contributed by atoms with Crippen molar-refractivity contribution < 1.29 is 4.39 Å². The zero-order valence-electron chi connectivity index (χ0n) is 10.8. The van der Waals surface area contributed by atoms with Crippen LogP contribution in [-0.2, 0) is 6.54 Å². The molecule has 0 unspecified atom stereocenters. The van der Waals surface area contributed by atoms with Gasteiger partial charge < -0.3 is 5.32 Å². The van der Waals surface area contributed by atoms with E-state index in [0.29, 0.717) is 6.54 Å². The van der Waals surface area contributed by atoms with Crippen LogP contribution in [0.4, 0.5) is 4.39 Å². The Hall–Kier alpha value is -0.410. The summed E-state index contributed by atoms with van der Waals surface area (Å²) in [7, 11) is 0. The molecule has 17 heavy (non-hydrogen) atoms. The molecule has 0 spiro atoms. The number of halogens is 2. The summed E-state index contributed by atoms with van der Waals surface area (Å²) in [4.78, 5) is 0. The van der Waals surface area contributed by atoms with Crippen molar-refractivity contribution in [1.29, 1.82) is 0 Å². The molecule has 0 atom stereocenters. The normalized spacial score (nSPS) is 11.8. The molecule has 1 aromatic carbocycles. The molecule has 0 aliphatic rings. The Kier molecular flexibility index (Phi) is 5.60. The van der Waals surface area contributed by atoms with Crippen molar-refractivity contribution in [1.82, 2.24) is 5.32 Å². The maximum absolute atomic E-state index is 13.7. The highest BCUT2D eigenvalue weighted by atomic mass is 79.9. The topological polar surface area (TPSA) is 12.0 Å². The van der Waals surface area contributed by atoms with Crippen molar-refractivity contribution in [2.45, 2.75) is 52.1 Å². The van der Waals surface area contributed by atoms with E-state index in [0.717, 1.165) is 29.3 Å². The summed E-state index contributed by atoms with van der Waals surface area (Å²) in [5.74, 6) is -0.149. The second kappa shape index (κ2) is 6.50. The fraction of sp³-hybridized carbons (Fsp3) is 0.571. The maximum atomic E-state index is 13.7. The molecule has 0 aliphatic carbocycles. The summed E-state index contributed by atoms with van der Waals surface area (Å²) in [5, 5.41) is 3.50. The highest BCUT2D eigenvalue weighted by molar-refractivity contribution is 9.10. The van der Waals surface area contributed by atoms with Gasteiger partial charge in [0.15, 0.2) is 0 Å². The van der Waals surface area contributed by atoms with E-state index in [4.69, 9.17) is 0 Å². The van der Waals surface area contributed by atoms with E-state index in [2.05, 4.69) is 42.0 Å². The summed E-state index contributed by atoms with van der Waals surface area (Å²) >= 11 is 3.27. The van der Waals surface area contributed by atoms with E-state index in [1.54, 1.807) is 0 Å². The monoisotopic (exact) mass is 301 g/mol. The molecule has 0 heterocycles. The lowest BCUT2D eigenvalue weighted by atomic mass is 9.89. The van der Waals surface area contributed by atoms with Crippen molar-refractivity contribution >= 4 is 15.9 Å². The van der Waals surface area contributed by atoms with Crippen molar-refractivity contribution in [2.24, 2.45) is 0 Å². The maximum Gasteiger partial charge on any atom is 0.128 e. The molecule has 1 aromatic rings. The Bertz CT molecular complexity index is 353. The molecular formula is C14H21BrFN. The fourth-order valence-electron chi connectivity index (χ4n) is 2.07. The van der Waals surface area contributed by atoms with Gasteiger partial charge in [0.25, 0.3) is 0 Å².